The number of ether oxygens (including phenoxy) is 1. The van der Waals surface area contributed by atoms with Crippen LogP contribution in [0.3, 0.4) is 0 Å². The minimum Gasteiger partial charge on any atom is -0.486 e. The van der Waals surface area contributed by atoms with Crippen LogP contribution in [0.15, 0.2) is 90.1 Å². The Morgan fingerprint density at radius 2 is 1.70 bits per heavy atom. The molecule has 0 saturated carbocycles. The van der Waals surface area contributed by atoms with E-state index < -0.39 is 17.1 Å². The number of carbonyl (C=O) groups excluding carboxylic acids is 1. The van der Waals surface area contributed by atoms with E-state index in [1.165, 1.54) is 23.9 Å². The quantitative estimate of drug-likeness (QED) is 0.443. The lowest BCUT2D eigenvalue weighted by atomic mass is 10.0. The van der Waals surface area contributed by atoms with Crippen molar-refractivity contribution < 1.29 is 13.9 Å². The van der Waals surface area contributed by atoms with Gasteiger partial charge in [0.1, 0.15) is 23.4 Å². The van der Waals surface area contributed by atoms with Gasteiger partial charge in [-0.15, -0.1) is 10.2 Å². The van der Waals surface area contributed by atoms with Crippen LogP contribution in [0.2, 0.25) is 0 Å². The zero-order valence-electron chi connectivity index (χ0n) is 17.4. The number of fused-ring (bicyclic) bond motifs is 1. The maximum absolute atomic E-state index is 14.1. The Labute approximate surface area is 194 Å². The van der Waals surface area contributed by atoms with Crippen molar-refractivity contribution in [1.82, 2.24) is 14.9 Å². The summed E-state index contributed by atoms with van der Waals surface area (Å²) in [5.74, 6) is 0.484. The standard InChI is InChI=1S/C24H20FN5O2S/c25-18-13-7-8-14-19(18)26-23(31)22-21(16-9-3-1-4-10-16)29-30-20(27-28-24(30)33-22)15-32-17-11-5-2-6-12-17/h1-14,21-22,29H,15H2,(H,26,31)/t21-,22+/m1/s1. The molecule has 9 heteroatoms. The van der Waals surface area contributed by atoms with Crippen molar-refractivity contribution >= 4 is 23.4 Å². The summed E-state index contributed by atoms with van der Waals surface area (Å²) < 4.78 is 21.7. The summed E-state index contributed by atoms with van der Waals surface area (Å²) >= 11 is 1.27. The summed E-state index contributed by atoms with van der Waals surface area (Å²) in [6.45, 7) is 0.207. The van der Waals surface area contributed by atoms with Crippen molar-refractivity contribution in [3.05, 3.63) is 102 Å². The van der Waals surface area contributed by atoms with Crippen LogP contribution in [0.1, 0.15) is 17.4 Å². The number of nitrogens with zero attached hydrogens (tertiary/aromatic N) is 3. The van der Waals surface area contributed by atoms with Crippen molar-refractivity contribution in [2.24, 2.45) is 0 Å². The summed E-state index contributed by atoms with van der Waals surface area (Å²) in [4.78, 5) is 13.2. The maximum atomic E-state index is 14.1. The van der Waals surface area contributed by atoms with E-state index in [0.717, 1.165) is 11.3 Å². The molecule has 4 aromatic rings. The first-order chi connectivity index (χ1) is 16.2. The number of halogens is 1. The monoisotopic (exact) mass is 461 g/mol. The second-order valence-electron chi connectivity index (χ2n) is 7.36. The fourth-order valence-corrected chi connectivity index (χ4v) is 4.63. The zero-order valence-corrected chi connectivity index (χ0v) is 18.2. The summed E-state index contributed by atoms with van der Waals surface area (Å²) in [6.07, 6.45) is 0. The van der Waals surface area contributed by atoms with Crippen LogP contribution in [-0.2, 0) is 11.4 Å². The molecule has 2 N–H and O–H groups in total. The molecule has 0 bridgehead atoms. The van der Waals surface area contributed by atoms with Gasteiger partial charge in [-0.3, -0.25) is 4.79 Å². The molecule has 2 atom stereocenters. The van der Waals surface area contributed by atoms with E-state index in [1.54, 1.807) is 16.8 Å². The molecular weight excluding hydrogens is 441 g/mol. The predicted octanol–water partition coefficient (Wildman–Crippen LogP) is 4.39. The third-order valence-electron chi connectivity index (χ3n) is 5.16. The summed E-state index contributed by atoms with van der Waals surface area (Å²) in [7, 11) is 0. The van der Waals surface area contributed by atoms with Gasteiger partial charge in [0.05, 0.1) is 11.7 Å². The molecule has 0 radical (unpaired) electrons. The third-order valence-corrected chi connectivity index (χ3v) is 6.38. The van der Waals surface area contributed by atoms with Gasteiger partial charge in [-0.1, -0.05) is 72.4 Å². The molecule has 5 rings (SSSR count). The lowest BCUT2D eigenvalue weighted by Gasteiger charge is -2.33. The number of aromatic nitrogens is 3. The van der Waals surface area contributed by atoms with Crippen LogP contribution in [-0.4, -0.2) is 26.0 Å². The summed E-state index contributed by atoms with van der Waals surface area (Å²) in [5.41, 5.74) is 4.41. The number of benzene rings is 3. The highest BCUT2D eigenvalue weighted by atomic mass is 32.2. The Morgan fingerprint density at radius 3 is 2.45 bits per heavy atom. The minimum atomic E-state index is -0.605. The van der Waals surface area contributed by atoms with E-state index >= 15 is 0 Å². The summed E-state index contributed by atoms with van der Waals surface area (Å²) in [6, 6.07) is 24.8. The second-order valence-corrected chi connectivity index (χ2v) is 8.47. The number of thioether (sulfide) groups is 1. The Balaban J connectivity index is 1.41. The Kier molecular flexibility index (Phi) is 5.95. The van der Waals surface area contributed by atoms with Gasteiger partial charge < -0.3 is 15.5 Å². The van der Waals surface area contributed by atoms with Crippen molar-refractivity contribution in [3.63, 3.8) is 0 Å². The molecule has 1 aromatic heterocycles. The molecule has 33 heavy (non-hydrogen) atoms. The Bertz CT molecular complexity index is 1250. The largest absolute Gasteiger partial charge is 0.486 e. The van der Waals surface area contributed by atoms with E-state index in [4.69, 9.17) is 4.74 Å². The van der Waals surface area contributed by atoms with E-state index in [1.807, 2.05) is 60.7 Å². The van der Waals surface area contributed by atoms with Crippen molar-refractivity contribution in [3.8, 4) is 5.75 Å². The van der Waals surface area contributed by atoms with E-state index in [-0.39, 0.29) is 18.2 Å². The average Bonchev–Trinajstić information content (AvgIpc) is 3.26. The van der Waals surface area contributed by atoms with E-state index in [9.17, 15) is 9.18 Å². The minimum absolute atomic E-state index is 0.138. The number of rotatable bonds is 6. The van der Waals surface area contributed by atoms with Crippen LogP contribution in [0.5, 0.6) is 5.75 Å². The average molecular weight is 462 g/mol. The maximum Gasteiger partial charge on any atom is 0.240 e. The van der Waals surface area contributed by atoms with E-state index in [2.05, 4.69) is 20.9 Å². The molecule has 0 unspecified atom stereocenters. The van der Waals surface area contributed by atoms with Gasteiger partial charge in [0.2, 0.25) is 11.1 Å². The fourth-order valence-electron chi connectivity index (χ4n) is 3.53. The first-order valence-corrected chi connectivity index (χ1v) is 11.2. The molecule has 1 aliphatic rings. The van der Waals surface area contributed by atoms with Crippen LogP contribution in [0.25, 0.3) is 0 Å². The zero-order chi connectivity index (χ0) is 22.6. The number of anilines is 1. The van der Waals surface area contributed by atoms with E-state index in [0.29, 0.717) is 11.0 Å². The number of nitrogens with one attached hydrogen (secondary N) is 2. The first-order valence-electron chi connectivity index (χ1n) is 10.3. The fraction of sp³-hybridized carbons (Fsp3) is 0.125. The molecular formula is C24H20FN5O2S. The molecule has 1 aliphatic heterocycles. The molecule has 0 saturated heterocycles. The van der Waals surface area contributed by atoms with Crippen molar-refractivity contribution in [2.75, 3.05) is 10.7 Å². The van der Waals surface area contributed by atoms with Crippen LogP contribution in [0, 0.1) is 5.82 Å². The molecule has 0 spiro atoms. The van der Waals surface area contributed by atoms with Crippen molar-refractivity contribution in [2.45, 2.75) is 23.1 Å². The number of amides is 1. The normalized spacial score (nSPS) is 17.0. The predicted molar refractivity (Wildman–Crippen MR) is 124 cm³/mol. The number of hydrogen-bond acceptors (Lipinski definition) is 6. The van der Waals surface area contributed by atoms with Gasteiger partial charge in [-0.2, -0.15) is 0 Å². The van der Waals surface area contributed by atoms with Gasteiger partial charge >= 0.3 is 0 Å². The van der Waals surface area contributed by atoms with Gasteiger partial charge in [0.25, 0.3) is 0 Å². The molecule has 166 valence electrons. The molecule has 0 fully saturated rings. The lowest BCUT2D eigenvalue weighted by Crippen LogP contribution is -2.41. The highest BCUT2D eigenvalue weighted by Gasteiger charge is 2.38. The van der Waals surface area contributed by atoms with Crippen LogP contribution >= 0.6 is 11.8 Å². The van der Waals surface area contributed by atoms with Gasteiger partial charge in [-0.05, 0) is 29.8 Å². The SMILES string of the molecule is O=C(Nc1ccccc1F)[C@H]1Sc2nnc(COc3ccccc3)n2N[C@@H]1c1ccccc1. The molecule has 7 nitrogen and oxygen atoms in total. The van der Waals surface area contributed by atoms with Crippen molar-refractivity contribution in [1.29, 1.82) is 0 Å². The molecule has 3 aromatic carbocycles. The smallest absolute Gasteiger partial charge is 0.240 e. The second kappa shape index (κ2) is 9.33. The Hall–Kier alpha value is -3.85. The van der Waals surface area contributed by atoms with Crippen LogP contribution < -0.4 is 15.5 Å². The van der Waals surface area contributed by atoms with Gasteiger partial charge in [-0.25, -0.2) is 9.07 Å². The topological polar surface area (TPSA) is 81.1 Å². The van der Waals surface area contributed by atoms with Gasteiger partial charge in [0.15, 0.2) is 5.82 Å². The number of hydrogen-bond donors (Lipinski definition) is 2. The number of carbonyl (C=O) groups is 1. The first kappa shape index (κ1) is 21.0. The van der Waals surface area contributed by atoms with Crippen LogP contribution in [0.4, 0.5) is 10.1 Å². The lowest BCUT2D eigenvalue weighted by molar-refractivity contribution is -0.116. The number of para-hydroxylation sites is 2. The molecule has 1 amide bonds. The molecule has 2 heterocycles. The highest BCUT2D eigenvalue weighted by Crippen LogP contribution is 2.37. The highest BCUT2D eigenvalue weighted by molar-refractivity contribution is 8.00. The third kappa shape index (κ3) is 4.54. The Morgan fingerprint density at radius 1 is 1.00 bits per heavy atom. The van der Waals surface area contributed by atoms with Gasteiger partial charge in [0, 0.05) is 0 Å². The molecule has 0 aliphatic carbocycles. The summed E-state index contributed by atoms with van der Waals surface area (Å²) in [5, 5.41) is 11.1.